The Morgan fingerprint density at radius 2 is 2.05 bits per heavy atom. The molecule has 1 unspecified atom stereocenters. The molecule has 0 amide bonds. The monoisotopic (exact) mass is 280 g/mol. The van der Waals surface area contributed by atoms with Crippen molar-refractivity contribution in [1.82, 2.24) is 9.78 Å². The molecule has 0 bridgehead atoms. The molecule has 1 aliphatic rings. The first kappa shape index (κ1) is 16.9. The minimum atomic E-state index is -0.212. The molecule has 1 saturated heterocycles. The second-order valence-electron chi connectivity index (χ2n) is 5.36. The fraction of sp³-hybridized carbons (Fsp3) is 0.750. The Labute approximate surface area is 122 Å². The number of Topliss-reactive ketones (excluding diaryl/α,β-unsaturated/α-hetero) is 1. The van der Waals surface area contributed by atoms with E-state index >= 15 is 0 Å². The van der Waals surface area contributed by atoms with Crippen LogP contribution in [0, 0.1) is 13.8 Å². The summed E-state index contributed by atoms with van der Waals surface area (Å²) < 4.78 is 7.25. The van der Waals surface area contributed by atoms with Crippen molar-refractivity contribution in [2.75, 3.05) is 6.61 Å². The van der Waals surface area contributed by atoms with Gasteiger partial charge in [-0.05, 0) is 38.2 Å². The average Bonchev–Trinajstić information content (AvgIpc) is 3.01. The molecule has 2 rings (SSSR count). The first-order valence-corrected chi connectivity index (χ1v) is 7.69. The van der Waals surface area contributed by atoms with Crippen molar-refractivity contribution in [2.24, 2.45) is 0 Å². The zero-order valence-electron chi connectivity index (χ0n) is 13.7. The Morgan fingerprint density at radius 1 is 1.40 bits per heavy atom. The van der Waals surface area contributed by atoms with E-state index in [1.165, 1.54) is 5.56 Å². The summed E-state index contributed by atoms with van der Waals surface area (Å²) in [6.07, 6.45) is 1.64. The SMILES string of the molecule is CC.Cc1nn(CC(=O)C2CCCO2)c(C)c1C(C)C. The number of hydrogen-bond donors (Lipinski definition) is 0. The quantitative estimate of drug-likeness (QED) is 0.849. The highest BCUT2D eigenvalue weighted by molar-refractivity contribution is 5.83. The molecule has 2 heterocycles. The summed E-state index contributed by atoms with van der Waals surface area (Å²) in [4.78, 5) is 12.1. The largest absolute Gasteiger partial charge is 0.370 e. The molecule has 4 heteroatoms. The molecule has 0 radical (unpaired) electrons. The maximum Gasteiger partial charge on any atom is 0.182 e. The van der Waals surface area contributed by atoms with Crippen molar-refractivity contribution in [3.63, 3.8) is 0 Å². The summed E-state index contributed by atoms with van der Waals surface area (Å²) in [6, 6.07) is 0. The third kappa shape index (κ3) is 3.69. The van der Waals surface area contributed by atoms with Crippen molar-refractivity contribution in [2.45, 2.75) is 73.0 Å². The Bertz CT molecular complexity index is 444. The average molecular weight is 280 g/mol. The smallest absolute Gasteiger partial charge is 0.182 e. The fourth-order valence-electron chi connectivity index (χ4n) is 2.78. The van der Waals surface area contributed by atoms with Crippen molar-refractivity contribution in [1.29, 1.82) is 0 Å². The first-order valence-electron chi connectivity index (χ1n) is 7.69. The Kier molecular flexibility index (Phi) is 6.40. The van der Waals surface area contributed by atoms with Crippen molar-refractivity contribution in [3.05, 3.63) is 17.0 Å². The van der Waals surface area contributed by atoms with Gasteiger partial charge < -0.3 is 4.74 Å². The molecule has 0 N–H and O–H groups in total. The maximum atomic E-state index is 12.1. The summed E-state index contributed by atoms with van der Waals surface area (Å²) in [6.45, 7) is 13.4. The number of aryl methyl sites for hydroxylation is 1. The summed E-state index contributed by atoms with van der Waals surface area (Å²) in [5.74, 6) is 0.588. The maximum absolute atomic E-state index is 12.1. The topological polar surface area (TPSA) is 44.1 Å². The van der Waals surface area contributed by atoms with Gasteiger partial charge in [-0.25, -0.2) is 0 Å². The minimum Gasteiger partial charge on any atom is -0.370 e. The van der Waals surface area contributed by atoms with Gasteiger partial charge in [0.15, 0.2) is 5.78 Å². The van der Waals surface area contributed by atoms with Gasteiger partial charge in [-0.3, -0.25) is 9.48 Å². The van der Waals surface area contributed by atoms with Gasteiger partial charge in [-0.2, -0.15) is 5.10 Å². The van der Waals surface area contributed by atoms with Crippen LogP contribution in [0.2, 0.25) is 0 Å². The van der Waals surface area contributed by atoms with Crippen molar-refractivity contribution >= 4 is 5.78 Å². The number of ketones is 1. The normalized spacial score (nSPS) is 18.1. The second-order valence-corrected chi connectivity index (χ2v) is 5.36. The van der Waals surface area contributed by atoms with Crippen LogP contribution in [0.3, 0.4) is 0 Å². The van der Waals surface area contributed by atoms with E-state index < -0.39 is 0 Å². The van der Waals surface area contributed by atoms with Crippen molar-refractivity contribution in [3.8, 4) is 0 Å². The summed E-state index contributed by atoms with van der Waals surface area (Å²) in [7, 11) is 0. The summed E-state index contributed by atoms with van der Waals surface area (Å²) in [5, 5.41) is 4.48. The number of rotatable bonds is 4. The third-order valence-corrected chi connectivity index (χ3v) is 3.61. The lowest BCUT2D eigenvalue weighted by Crippen LogP contribution is -2.25. The van der Waals surface area contributed by atoms with E-state index in [9.17, 15) is 4.79 Å². The van der Waals surface area contributed by atoms with Gasteiger partial charge in [0, 0.05) is 12.3 Å². The minimum absolute atomic E-state index is 0.147. The van der Waals surface area contributed by atoms with Crippen LogP contribution in [0.25, 0.3) is 0 Å². The lowest BCUT2D eigenvalue weighted by atomic mass is 10.0. The van der Waals surface area contributed by atoms with Crippen LogP contribution < -0.4 is 0 Å². The molecule has 1 aliphatic heterocycles. The number of ether oxygens (including phenoxy) is 1. The van der Waals surface area contributed by atoms with Gasteiger partial charge in [0.1, 0.15) is 12.6 Å². The third-order valence-electron chi connectivity index (χ3n) is 3.61. The highest BCUT2D eigenvalue weighted by Crippen LogP contribution is 2.23. The highest BCUT2D eigenvalue weighted by atomic mass is 16.5. The van der Waals surface area contributed by atoms with E-state index in [4.69, 9.17) is 4.74 Å². The first-order chi connectivity index (χ1) is 9.50. The molecular weight excluding hydrogens is 252 g/mol. The molecule has 1 aromatic heterocycles. The molecule has 0 saturated carbocycles. The number of carbonyl (C=O) groups is 1. The van der Waals surface area contributed by atoms with Crippen LogP contribution in [0.15, 0.2) is 0 Å². The van der Waals surface area contributed by atoms with Gasteiger partial charge in [0.25, 0.3) is 0 Å². The number of carbonyl (C=O) groups excluding carboxylic acids is 1. The molecule has 1 fully saturated rings. The predicted molar refractivity (Wildman–Crippen MR) is 81.1 cm³/mol. The molecule has 0 spiro atoms. The Morgan fingerprint density at radius 3 is 2.50 bits per heavy atom. The molecule has 20 heavy (non-hydrogen) atoms. The van der Waals surface area contributed by atoms with Crippen LogP contribution in [0.5, 0.6) is 0 Å². The van der Waals surface area contributed by atoms with E-state index in [2.05, 4.69) is 18.9 Å². The van der Waals surface area contributed by atoms with E-state index in [1.807, 2.05) is 32.4 Å². The fourth-order valence-corrected chi connectivity index (χ4v) is 2.78. The molecule has 1 aromatic rings. The zero-order chi connectivity index (χ0) is 15.3. The second kappa shape index (κ2) is 7.58. The zero-order valence-corrected chi connectivity index (χ0v) is 13.7. The summed E-state index contributed by atoms with van der Waals surface area (Å²) in [5.41, 5.74) is 3.40. The highest BCUT2D eigenvalue weighted by Gasteiger charge is 2.25. The van der Waals surface area contributed by atoms with E-state index in [0.29, 0.717) is 19.1 Å². The van der Waals surface area contributed by atoms with E-state index in [0.717, 1.165) is 24.2 Å². The van der Waals surface area contributed by atoms with Crippen LogP contribution >= 0.6 is 0 Å². The lowest BCUT2D eigenvalue weighted by Gasteiger charge is -2.10. The van der Waals surface area contributed by atoms with E-state index in [-0.39, 0.29) is 11.9 Å². The molecule has 1 atom stereocenters. The number of hydrogen-bond acceptors (Lipinski definition) is 3. The van der Waals surface area contributed by atoms with Crippen LogP contribution in [-0.2, 0) is 16.1 Å². The predicted octanol–water partition coefficient (Wildman–Crippen LogP) is 3.40. The van der Waals surface area contributed by atoms with Gasteiger partial charge in [0.2, 0.25) is 0 Å². The number of nitrogens with zero attached hydrogens (tertiary/aromatic N) is 2. The van der Waals surface area contributed by atoms with Crippen LogP contribution in [0.1, 0.15) is 63.4 Å². The van der Waals surface area contributed by atoms with Crippen molar-refractivity contribution < 1.29 is 9.53 Å². The molecule has 0 aromatic carbocycles. The molecule has 114 valence electrons. The number of aromatic nitrogens is 2. The van der Waals surface area contributed by atoms with Gasteiger partial charge in [-0.1, -0.05) is 27.7 Å². The Balaban J connectivity index is 0.000000956. The van der Waals surface area contributed by atoms with Gasteiger partial charge >= 0.3 is 0 Å². The van der Waals surface area contributed by atoms with Gasteiger partial charge in [0.05, 0.1) is 5.69 Å². The van der Waals surface area contributed by atoms with Gasteiger partial charge in [-0.15, -0.1) is 0 Å². The van der Waals surface area contributed by atoms with Crippen LogP contribution in [0.4, 0.5) is 0 Å². The lowest BCUT2D eigenvalue weighted by molar-refractivity contribution is -0.128. The molecular formula is C16H28N2O2. The summed E-state index contributed by atoms with van der Waals surface area (Å²) >= 11 is 0. The standard InChI is InChI=1S/C14H22N2O2.C2H6/c1-9(2)14-10(3)15-16(11(14)4)8-12(17)13-6-5-7-18-13;1-2/h9,13H,5-8H2,1-4H3;1-2H3. The van der Waals surface area contributed by atoms with Crippen LogP contribution in [-0.4, -0.2) is 28.3 Å². The molecule has 4 nitrogen and oxygen atoms in total. The Hall–Kier alpha value is -1.16. The molecule has 0 aliphatic carbocycles. The van der Waals surface area contributed by atoms with E-state index in [1.54, 1.807) is 0 Å².